The lowest BCUT2D eigenvalue weighted by Crippen LogP contribution is -2.59. The molecule has 3 N–H and O–H groups in total. The van der Waals surface area contributed by atoms with Crippen LogP contribution in [-0.2, 0) is 9.53 Å². The van der Waals surface area contributed by atoms with Gasteiger partial charge in [0.15, 0.2) is 0 Å². The summed E-state index contributed by atoms with van der Waals surface area (Å²) in [5.41, 5.74) is 5.57. The molecule has 0 radical (unpaired) electrons. The van der Waals surface area contributed by atoms with Crippen LogP contribution in [-0.4, -0.2) is 30.7 Å². The molecule has 3 aliphatic rings. The molecule has 4 heteroatoms. The molecule has 3 unspecified atom stereocenters. The summed E-state index contributed by atoms with van der Waals surface area (Å²) >= 11 is 0. The molecule has 2 aliphatic carbocycles. The van der Waals surface area contributed by atoms with Crippen LogP contribution < -0.4 is 11.1 Å². The Hall–Kier alpha value is -0.610. The first kappa shape index (κ1) is 14.3. The molecule has 0 spiro atoms. The monoisotopic (exact) mass is 280 g/mol. The van der Waals surface area contributed by atoms with Crippen molar-refractivity contribution in [3.63, 3.8) is 0 Å². The summed E-state index contributed by atoms with van der Waals surface area (Å²) in [5.74, 6) is 1.82. The largest absolute Gasteiger partial charge is 0.381 e. The quantitative estimate of drug-likeness (QED) is 0.813. The first-order valence-corrected chi connectivity index (χ1v) is 8.35. The van der Waals surface area contributed by atoms with Gasteiger partial charge < -0.3 is 15.8 Å². The first-order valence-electron chi connectivity index (χ1n) is 8.35. The van der Waals surface area contributed by atoms with E-state index in [0.717, 1.165) is 18.3 Å². The molecule has 1 heterocycles. The highest BCUT2D eigenvalue weighted by Gasteiger charge is 2.39. The minimum absolute atomic E-state index is 0.0556. The van der Waals surface area contributed by atoms with E-state index in [1.165, 1.54) is 38.5 Å². The predicted molar refractivity (Wildman–Crippen MR) is 78.2 cm³/mol. The van der Waals surface area contributed by atoms with Gasteiger partial charge in [-0.3, -0.25) is 4.79 Å². The van der Waals surface area contributed by atoms with Crippen LogP contribution in [0.15, 0.2) is 0 Å². The van der Waals surface area contributed by atoms with Crippen LogP contribution in [0.1, 0.15) is 57.8 Å². The van der Waals surface area contributed by atoms with E-state index in [9.17, 15) is 4.79 Å². The number of carbonyl (C=O) groups is 1. The van der Waals surface area contributed by atoms with Gasteiger partial charge in [-0.2, -0.15) is 0 Å². The Morgan fingerprint density at radius 1 is 1.05 bits per heavy atom. The molecule has 1 aliphatic heterocycles. The molecular weight excluding hydrogens is 252 g/mol. The zero-order valence-electron chi connectivity index (χ0n) is 12.4. The van der Waals surface area contributed by atoms with Crippen molar-refractivity contribution in [1.29, 1.82) is 0 Å². The fourth-order valence-corrected chi connectivity index (χ4v) is 4.30. The summed E-state index contributed by atoms with van der Waals surface area (Å²) in [7, 11) is 0. The van der Waals surface area contributed by atoms with Crippen LogP contribution in [0.4, 0.5) is 0 Å². The maximum absolute atomic E-state index is 12.5. The molecule has 0 aromatic carbocycles. The maximum atomic E-state index is 12.5. The number of carbonyl (C=O) groups excluding carboxylic acids is 1. The van der Waals surface area contributed by atoms with Gasteiger partial charge in [-0.05, 0) is 43.9 Å². The SMILES string of the molecule is NC1(C(=O)NC2CCC3CCCCC3C2)CCOCC1. The third kappa shape index (κ3) is 3.01. The second kappa shape index (κ2) is 6.02. The molecule has 0 aromatic rings. The van der Waals surface area contributed by atoms with Crippen molar-refractivity contribution < 1.29 is 9.53 Å². The zero-order chi connectivity index (χ0) is 14.0. The van der Waals surface area contributed by atoms with Gasteiger partial charge in [0.25, 0.3) is 0 Å². The number of nitrogens with two attached hydrogens (primary N) is 1. The van der Waals surface area contributed by atoms with Crippen molar-refractivity contribution >= 4 is 5.91 Å². The third-order valence-electron chi connectivity index (χ3n) is 5.71. The Bertz CT molecular complexity index is 352. The molecule has 3 atom stereocenters. The smallest absolute Gasteiger partial charge is 0.240 e. The Kier molecular flexibility index (Phi) is 4.32. The van der Waals surface area contributed by atoms with Crippen LogP contribution in [0.3, 0.4) is 0 Å². The second-order valence-electron chi connectivity index (χ2n) is 7.06. The van der Waals surface area contributed by atoms with E-state index in [0.29, 0.717) is 32.1 Å². The first-order chi connectivity index (χ1) is 9.67. The third-order valence-corrected chi connectivity index (χ3v) is 5.71. The van der Waals surface area contributed by atoms with Crippen LogP contribution in [0.2, 0.25) is 0 Å². The van der Waals surface area contributed by atoms with Crippen LogP contribution in [0, 0.1) is 11.8 Å². The molecular formula is C16H28N2O2. The van der Waals surface area contributed by atoms with Gasteiger partial charge in [0, 0.05) is 19.3 Å². The summed E-state index contributed by atoms with van der Waals surface area (Å²) in [4.78, 5) is 12.5. The van der Waals surface area contributed by atoms with E-state index < -0.39 is 5.54 Å². The Labute approximate surface area is 121 Å². The number of nitrogens with one attached hydrogen (secondary N) is 1. The van der Waals surface area contributed by atoms with E-state index in [2.05, 4.69) is 5.32 Å². The van der Waals surface area contributed by atoms with E-state index in [1.807, 2.05) is 0 Å². The van der Waals surface area contributed by atoms with Crippen molar-refractivity contribution in [2.24, 2.45) is 17.6 Å². The minimum atomic E-state index is -0.693. The average Bonchev–Trinajstić information content (AvgIpc) is 2.48. The van der Waals surface area contributed by atoms with Crippen molar-refractivity contribution in [1.82, 2.24) is 5.32 Å². The topological polar surface area (TPSA) is 64.4 Å². The summed E-state index contributed by atoms with van der Waals surface area (Å²) in [6, 6.07) is 0.352. The summed E-state index contributed by atoms with van der Waals surface area (Å²) in [6.45, 7) is 1.22. The van der Waals surface area contributed by atoms with Crippen molar-refractivity contribution in [2.45, 2.75) is 69.4 Å². The lowest BCUT2D eigenvalue weighted by molar-refractivity contribution is -0.131. The van der Waals surface area contributed by atoms with Gasteiger partial charge in [-0.1, -0.05) is 25.7 Å². The highest BCUT2D eigenvalue weighted by atomic mass is 16.5. The minimum Gasteiger partial charge on any atom is -0.381 e. The van der Waals surface area contributed by atoms with E-state index >= 15 is 0 Å². The Morgan fingerprint density at radius 3 is 2.50 bits per heavy atom. The fraction of sp³-hybridized carbons (Fsp3) is 0.938. The van der Waals surface area contributed by atoms with Crippen LogP contribution in [0.25, 0.3) is 0 Å². The molecule has 1 amide bonds. The number of rotatable bonds is 2. The Balaban J connectivity index is 1.53. The van der Waals surface area contributed by atoms with Crippen LogP contribution in [0.5, 0.6) is 0 Å². The number of amides is 1. The molecule has 0 aromatic heterocycles. The lowest BCUT2D eigenvalue weighted by Gasteiger charge is -2.41. The van der Waals surface area contributed by atoms with Gasteiger partial charge in [-0.15, -0.1) is 0 Å². The number of hydrogen-bond donors (Lipinski definition) is 2. The molecule has 3 rings (SSSR count). The molecule has 1 saturated heterocycles. The Morgan fingerprint density at radius 2 is 1.75 bits per heavy atom. The zero-order valence-corrected chi connectivity index (χ0v) is 12.4. The molecule has 0 bridgehead atoms. The normalized spacial score (nSPS) is 37.0. The molecule has 2 saturated carbocycles. The highest BCUT2D eigenvalue weighted by molar-refractivity contribution is 5.86. The maximum Gasteiger partial charge on any atom is 0.240 e. The summed E-state index contributed by atoms with van der Waals surface area (Å²) < 4.78 is 5.32. The highest BCUT2D eigenvalue weighted by Crippen LogP contribution is 2.40. The molecule has 20 heavy (non-hydrogen) atoms. The molecule has 114 valence electrons. The van der Waals surface area contributed by atoms with Crippen LogP contribution >= 0.6 is 0 Å². The number of hydrogen-bond acceptors (Lipinski definition) is 3. The number of fused-ring (bicyclic) bond motifs is 1. The summed E-state index contributed by atoms with van der Waals surface area (Å²) in [6.07, 6.45) is 10.4. The summed E-state index contributed by atoms with van der Waals surface area (Å²) in [5, 5.41) is 3.24. The van der Waals surface area contributed by atoms with Crippen molar-refractivity contribution in [3.05, 3.63) is 0 Å². The standard InChI is InChI=1S/C16H28N2O2/c17-16(7-9-20-10-8-16)15(19)18-14-6-5-12-3-1-2-4-13(12)11-14/h12-14H,1-11,17H2,(H,18,19). The van der Waals surface area contributed by atoms with Gasteiger partial charge in [0.1, 0.15) is 0 Å². The van der Waals surface area contributed by atoms with Gasteiger partial charge in [0.2, 0.25) is 5.91 Å². The van der Waals surface area contributed by atoms with Gasteiger partial charge in [-0.25, -0.2) is 0 Å². The van der Waals surface area contributed by atoms with Gasteiger partial charge in [0.05, 0.1) is 5.54 Å². The second-order valence-corrected chi connectivity index (χ2v) is 7.06. The lowest BCUT2D eigenvalue weighted by atomic mass is 9.69. The van der Waals surface area contributed by atoms with E-state index in [1.54, 1.807) is 0 Å². The molecule has 3 fully saturated rings. The van der Waals surface area contributed by atoms with E-state index in [-0.39, 0.29) is 5.91 Å². The fourth-order valence-electron chi connectivity index (χ4n) is 4.30. The number of ether oxygens (including phenoxy) is 1. The van der Waals surface area contributed by atoms with Gasteiger partial charge >= 0.3 is 0 Å². The van der Waals surface area contributed by atoms with E-state index in [4.69, 9.17) is 10.5 Å². The average molecular weight is 280 g/mol. The van der Waals surface area contributed by atoms with Crippen molar-refractivity contribution in [2.75, 3.05) is 13.2 Å². The predicted octanol–water partition coefficient (Wildman–Crippen LogP) is 1.97. The molecule has 4 nitrogen and oxygen atoms in total. The van der Waals surface area contributed by atoms with Crippen molar-refractivity contribution in [3.8, 4) is 0 Å².